The number of carboxylic acid groups (broad SMARTS) is 1. The van der Waals surface area contributed by atoms with Gasteiger partial charge in [0.2, 0.25) is 0 Å². The molecule has 11 heteroatoms. The van der Waals surface area contributed by atoms with E-state index in [4.69, 9.17) is 33.0 Å². The SMILES string of the molecule is C=C(C)NS(=O)(=O)c1cc(Cl)c(Oc2ccc(Cl)cc2CCCNCCC(=O)O)cc1F. The third-order valence-electron chi connectivity index (χ3n) is 4.14. The van der Waals surface area contributed by atoms with Gasteiger partial charge < -0.3 is 15.2 Å². The molecule has 0 aliphatic heterocycles. The van der Waals surface area contributed by atoms with E-state index in [-0.39, 0.29) is 22.9 Å². The van der Waals surface area contributed by atoms with Crippen LogP contribution in [0.5, 0.6) is 11.5 Å². The highest BCUT2D eigenvalue weighted by Gasteiger charge is 2.22. The Morgan fingerprint density at radius 3 is 2.56 bits per heavy atom. The highest BCUT2D eigenvalue weighted by molar-refractivity contribution is 7.89. The Balaban J connectivity index is 2.17. The molecule has 2 aromatic rings. The molecule has 0 heterocycles. The highest BCUT2D eigenvalue weighted by Crippen LogP contribution is 2.35. The first-order valence-electron chi connectivity index (χ1n) is 9.56. The molecule has 32 heavy (non-hydrogen) atoms. The summed E-state index contributed by atoms with van der Waals surface area (Å²) < 4.78 is 46.9. The Kier molecular flexibility index (Phi) is 9.33. The first-order valence-corrected chi connectivity index (χ1v) is 11.8. The van der Waals surface area contributed by atoms with Crippen LogP contribution in [0, 0.1) is 5.82 Å². The fraction of sp³-hybridized carbons (Fsp3) is 0.286. The van der Waals surface area contributed by atoms with Gasteiger partial charge in [-0.3, -0.25) is 9.52 Å². The minimum Gasteiger partial charge on any atom is -0.481 e. The van der Waals surface area contributed by atoms with Crippen LogP contribution in [0.1, 0.15) is 25.3 Å². The van der Waals surface area contributed by atoms with Gasteiger partial charge in [0.15, 0.2) is 0 Å². The number of ether oxygens (including phenoxy) is 1. The van der Waals surface area contributed by atoms with Crippen molar-refractivity contribution in [3.8, 4) is 11.5 Å². The van der Waals surface area contributed by atoms with Crippen LogP contribution in [-0.4, -0.2) is 32.6 Å². The van der Waals surface area contributed by atoms with Crippen molar-refractivity contribution < 1.29 is 27.4 Å². The van der Waals surface area contributed by atoms with Crippen LogP contribution in [0.2, 0.25) is 10.0 Å². The van der Waals surface area contributed by atoms with Crippen molar-refractivity contribution in [2.75, 3.05) is 13.1 Å². The third kappa shape index (κ3) is 7.67. The van der Waals surface area contributed by atoms with Gasteiger partial charge in [0.1, 0.15) is 22.2 Å². The van der Waals surface area contributed by atoms with Crippen LogP contribution in [0.25, 0.3) is 0 Å². The highest BCUT2D eigenvalue weighted by atomic mass is 35.5. The lowest BCUT2D eigenvalue weighted by molar-refractivity contribution is -0.136. The van der Waals surface area contributed by atoms with Gasteiger partial charge in [-0.2, -0.15) is 0 Å². The summed E-state index contributed by atoms with van der Waals surface area (Å²) in [5, 5.41) is 12.1. The molecule has 0 aliphatic rings. The van der Waals surface area contributed by atoms with Crippen molar-refractivity contribution in [3.63, 3.8) is 0 Å². The summed E-state index contributed by atoms with van der Waals surface area (Å²) in [6, 6.07) is 6.79. The minimum absolute atomic E-state index is 0.0309. The fourth-order valence-corrected chi connectivity index (χ4v) is 4.38. The van der Waals surface area contributed by atoms with Crippen molar-refractivity contribution in [1.82, 2.24) is 10.0 Å². The van der Waals surface area contributed by atoms with Gasteiger partial charge in [-0.05, 0) is 56.1 Å². The number of hydrogen-bond donors (Lipinski definition) is 3. The largest absolute Gasteiger partial charge is 0.481 e. The Morgan fingerprint density at radius 2 is 1.91 bits per heavy atom. The molecule has 3 N–H and O–H groups in total. The summed E-state index contributed by atoms with van der Waals surface area (Å²) in [6.07, 6.45) is 1.25. The van der Waals surface area contributed by atoms with Gasteiger partial charge in [-0.15, -0.1) is 0 Å². The molecule has 2 aromatic carbocycles. The van der Waals surface area contributed by atoms with Crippen molar-refractivity contribution in [3.05, 3.63) is 64.0 Å². The molecule has 0 radical (unpaired) electrons. The van der Waals surface area contributed by atoms with Gasteiger partial charge in [0, 0.05) is 23.3 Å². The molecule has 0 fully saturated rings. The van der Waals surface area contributed by atoms with Gasteiger partial charge in [-0.1, -0.05) is 29.8 Å². The first-order chi connectivity index (χ1) is 15.0. The maximum Gasteiger partial charge on any atom is 0.304 e. The van der Waals surface area contributed by atoms with Gasteiger partial charge in [0.05, 0.1) is 11.4 Å². The number of rotatable bonds is 12. The second kappa shape index (κ2) is 11.5. The zero-order valence-corrected chi connectivity index (χ0v) is 19.6. The lowest BCUT2D eigenvalue weighted by atomic mass is 10.1. The van der Waals surface area contributed by atoms with Gasteiger partial charge in [0.25, 0.3) is 10.0 Å². The summed E-state index contributed by atoms with van der Waals surface area (Å²) in [5.41, 5.74) is 0.860. The van der Waals surface area contributed by atoms with E-state index in [1.807, 2.05) is 0 Å². The van der Waals surface area contributed by atoms with Crippen LogP contribution >= 0.6 is 23.2 Å². The molecule has 0 saturated carbocycles. The number of aliphatic carboxylic acids is 1. The molecule has 0 atom stereocenters. The van der Waals surface area contributed by atoms with Crippen LogP contribution < -0.4 is 14.8 Å². The number of carbonyl (C=O) groups is 1. The van der Waals surface area contributed by atoms with Crippen LogP contribution in [0.4, 0.5) is 4.39 Å². The molecule has 2 rings (SSSR count). The van der Waals surface area contributed by atoms with E-state index < -0.39 is 26.7 Å². The standard InChI is InChI=1S/C21H23Cl2FN2O5S/c1-13(2)26-32(29,30)20-11-16(23)19(12-17(20)24)31-18-6-5-15(22)10-14(18)4-3-8-25-9-7-21(27)28/h5-6,10-12,25-26H,1,3-4,7-9H2,2H3,(H,27,28). The van der Waals surface area contributed by atoms with Crippen molar-refractivity contribution in [1.29, 1.82) is 0 Å². The second-order valence-electron chi connectivity index (χ2n) is 6.95. The number of benzene rings is 2. The molecular formula is C21H23Cl2FN2O5S. The molecule has 0 amide bonds. The molecule has 0 aromatic heterocycles. The Labute approximate surface area is 196 Å². The maximum absolute atomic E-state index is 14.6. The number of nitrogens with one attached hydrogen (secondary N) is 2. The van der Waals surface area contributed by atoms with Crippen molar-refractivity contribution in [2.24, 2.45) is 0 Å². The van der Waals surface area contributed by atoms with Crippen molar-refractivity contribution >= 4 is 39.2 Å². The molecule has 7 nitrogen and oxygen atoms in total. The normalized spacial score (nSPS) is 11.2. The first kappa shape index (κ1) is 25.9. The number of aryl methyl sites for hydroxylation is 1. The lowest BCUT2D eigenvalue weighted by Gasteiger charge is -2.15. The molecule has 0 bridgehead atoms. The van der Waals surface area contributed by atoms with Crippen LogP contribution in [0.3, 0.4) is 0 Å². The van der Waals surface area contributed by atoms with E-state index in [1.165, 1.54) is 6.92 Å². The number of carboxylic acids is 1. The molecule has 0 saturated heterocycles. The van der Waals surface area contributed by atoms with E-state index in [1.54, 1.807) is 18.2 Å². The number of sulfonamides is 1. The number of hydrogen-bond acceptors (Lipinski definition) is 5. The summed E-state index contributed by atoms with van der Waals surface area (Å²) in [4.78, 5) is 9.91. The molecule has 0 unspecified atom stereocenters. The minimum atomic E-state index is -4.17. The smallest absolute Gasteiger partial charge is 0.304 e. The zero-order chi connectivity index (χ0) is 23.9. The predicted octanol–water partition coefficient (Wildman–Crippen LogP) is 4.73. The molecule has 174 valence electrons. The van der Waals surface area contributed by atoms with E-state index in [2.05, 4.69) is 16.6 Å². The van der Waals surface area contributed by atoms with E-state index in [0.717, 1.165) is 17.7 Å². The fourth-order valence-electron chi connectivity index (χ4n) is 2.76. The Bertz CT molecular complexity index is 1110. The summed E-state index contributed by atoms with van der Waals surface area (Å²) in [7, 11) is -4.17. The Morgan fingerprint density at radius 1 is 1.19 bits per heavy atom. The lowest BCUT2D eigenvalue weighted by Crippen LogP contribution is -2.22. The number of halogens is 3. The summed E-state index contributed by atoms with van der Waals surface area (Å²) >= 11 is 12.3. The average molecular weight is 505 g/mol. The molecular weight excluding hydrogens is 482 g/mol. The van der Waals surface area contributed by atoms with Gasteiger partial charge >= 0.3 is 5.97 Å². The van der Waals surface area contributed by atoms with Crippen LogP contribution in [0.15, 0.2) is 47.5 Å². The van der Waals surface area contributed by atoms with Crippen LogP contribution in [-0.2, 0) is 21.2 Å². The molecule has 0 spiro atoms. The number of allylic oxidation sites excluding steroid dienone is 1. The summed E-state index contributed by atoms with van der Waals surface area (Å²) in [5.74, 6) is -1.57. The molecule has 0 aliphatic carbocycles. The van der Waals surface area contributed by atoms with Gasteiger partial charge in [-0.25, -0.2) is 12.8 Å². The second-order valence-corrected chi connectivity index (χ2v) is 9.44. The van der Waals surface area contributed by atoms with E-state index >= 15 is 0 Å². The average Bonchev–Trinajstić information content (AvgIpc) is 2.67. The van der Waals surface area contributed by atoms with Crippen molar-refractivity contribution in [2.45, 2.75) is 31.1 Å². The topological polar surface area (TPSA) is 105 Å². The monoisotopic (exact) mass is 504 g/mol. The Hall–Kier alpha value is -2.33. The predicted molar refractivity (Wildman–Crippen MR) is 122 cm³/mol. The van der Waals surface area contributed by atoms with E-state index in [9.17, 15) is 17.6 Å². The summed E-state index contributed by atoms with van der Waals surface area (Å²) in [6.45, 7) is 5.81. The van der Waals surface area contributed by atoms with E-state index in [0.29, 0.717) is 36.7 Å². The zero-order valence-electron chi connectivity index (χ0n) is 17.3. The quantitative estimate of drug-likeness (QED) is 0.360. The maximum atomic E-state index is 14.6. The third-order valence-corrected chi connectivity index (χ3v) is 6.18.